The molecule has 1 aliphatic rings. The van der Waals surface area contributed by atoms with E-state index < -0.39 is 0 Å². The Labute approximate surface area is 94.3 Å². The summed E-state index contributed by atoms with van der Waals surface area (Å²) in [5, 5.41) is 11.7. The number of aromatic nitrogens is 1. The monoisotopic (exact) mass is 215 g/mol. The smallest absolute Gasteiger partial charge is 0.254 e. The van der Waals surface area contributed by atoms with Gasteiger partial charge in [0.1, 0.15) is 6.07 Å². The first-order chi connectivity index (χ1) is 7.81. The van der Waals surface area contributed by atoms with Crippen LogP contribution in [-0.2, 0) is 0 Å². The number of hydrogen-bond acceptors (Lipinski definition) is 3. The number of rotatable bonds is 3. The Morgan fingerprint density at radius 2 is 2.44 bits per heavy atom. The van der Waals surface area contributed by atoms with Gasteiger partial charge in [-0.15, -0.1) is 0 Å². The molecule has 0 atom stereocenters. The average molecular weight is 215 g/mol. The van der Waals surface area contributed by atoms with Crippen molar-refractivity contribution in [2.45, 2.75) is 19.3 Å². The van der Waals surface area contributed by atoms with Gasteiger partial charge in [-0.3, -0.25) is 9.78 Å². The van der Waals surface area contributed by atoms with E-state index in [1.54, 1.807) is 6.07 Å². The highest BCUT2D eigenvalue weighted by Gasteiger charge is 2.19. The highest BCUT2D eigenvalue weighted by atomic mass is 16.1. The maximum absolute atomic E-state index is 11.8. The van der Waals surface area contributed by atoms with Crippen LogP contribution in [0.15, 0.2) is 18.5 Å². The third kappa shape index (κ3) is 2.19. The molecule has 1 amide bonds. The van der Waals surface area contributed by atoms with Crippen molar-refractivity contribution < 1.29 is 4.79 Å². The van der Waals surface area contributed by atoms with E-state index in [0.29, 0.717) is 23.6 Å². The van der Waals surface area contributed by atoms with E-state index in [1.165, 1.54) is 31.7 Å². The number of pyridine rings is 1. The molecule has 0 aromatic carbocycles. The lowest BCUT2D eigenvalue weighted by atomic mass is 9.85. The summed E-state index contributed by atoms with van der Waals surface area (Å²) < 4.78 is 0. The number of carbonyl (C=O) groups is 1. The summed E-state index contributed by atoms with van der Waals surface area (Å²) in [6, 6.07) is 3.55. The van der Waals surface area contributed by atoms with Crippen LogP contribution < -0.4 is 5.32 Å². The van der Waals surface area contributed by atoms with Gasteiger partial charge >= 0.3 is 0 Å². The molecule has 0 aliphatic heterocycles. The fourth-order valence-electron chi connectivity index (χ4n) is 1.70. The van der Waals surface area contributed by atoms with Crippen LogP contribution in [0.4, 0.5) is 0 Å². The molecule has 0 spiro atoms. The first-order valence-electron chi connectivity index (χ1n) is 5.43. The second-order valence-corrected chi connectivity index (χ2v) is 4.04. The van der Waals surface area contributed by atoms with Crippen LogP contribution in [0.2, 0.25) is 0 Å². The second kappa shape index (κ2) is 4.75. The summed E-state index contributed by atoms with van der Waals surface area (Å²) in [6.45, 7) is 0.707. The third-order valence-electron chi connectivity index (χ3n) is 2.96. The standard InChI is InChI=1S/C12H13N3O/c13-6-10-4-5-14-8-11(10)12(16)15-7-9-2-1-3-9/h4-5,8-9H,1-3,7H2,(H,15,16). The normalized spacial score (nSPS) is 14.9. The molecule has 1 N–H and O–H groups in total. The summed E-state index contributed by atoms with van der Waals surface area (Å²) >= 11 is 0. The molecule has 0 bridgehead atoms. The maximum atomic E-state index is 11.8. The molecular weight excluding hydrogens is 202 g/mol. The minimum Gasteiger partial charge on any atom is -0.352 e. The predicted octanol–water partition coefficient (Wildman–Crippen LogP) is 1.48. The predicted molar refractivity (Wildman–Crippen MR) is 58.6 cm³/mol. The molecule has 1 aromatic rings. The Morgan fingerprint density at radius 1 is 1.62 bits per heavy atom. The van der Waals surface area contributed by atoms with Crippen molar-refractivity contribution in [1.29, 1.82) is 5.26 Å². The van der Waals surface area contributed by atoms with Crippen LogP contribution in [0.1, 0.15) is 35.2 Å². The first-order valence-corrected chi connectivity index (χ1v) is 5.43. The van der Waals surface area contributed by atoms with Crippen LogP contribution in [0.3, 0.4) is 0 Å². The molecule has 0 radical (unpaired) electrons. The van der Waals surface area contributed by atoms with Crippen LogP contribution in [0.25, 0.3) is 0 Å². The van der Waals surface area contributed by atoms with Gasteiger partial charge in [-0.1, -0.05) is 6.42 Å². The van der Waals surface area contributed by atoms with Crippen molar-refractivity contribution in [3.05, 3.63) is 29.6 Å². The molecule has 0 saturated heterocycles. The molecule has 1 saturated carbocycles. The minimum atomic E-state index is -0.198. The number of hydrogen-bond donors (Lipinski definition) is 1. The van der Waals surface area contributed by atoms with Gasteiger partial charge in [0.25, 0.3) is 5.91 Å². The average Bonchev–Trinajstić information content (AvgIpc) is 2.26. The van der Waals surface area contributed by atoms with Crippen LogP contribution in [0, 0.1) is 17.2 Å². The van der Waals surface area contributed by atoms with Crippen LogP contribution in [0.5, 0.6) is 0 Å². The maximum Gasteiger partial charge on any atom is 0.254 e. The Morgan fingerprint density at radius 3 is 3.06 bits per heavy atom. The number of nitriles is 1. The zero-order valence-electron chi connectivity index (χ0n) is 8.94. The van der Waals surface area contributed by atoms with Gasteiger partial charge in [-0.25, -0.2) is 0 Å². The van der Waals surface area contributed by atoms with E-state index in [9.17, 15) is 4.79 Å². The van der Waals surface area contributed by atoms with Gasteiger partial charge in [-0.05, 0) is 24.8 Å². The molecule has 2 rings (SSSR count). The Balaban J connectivity index is 1.99. The number of carbonyl (C=O) groups excluding carboxylic acids is 1. The van der Waals surface area contributed by atoms with Gasteiger partial charge in [0.05, 0.1) is 11.1 Å². The molecule has 4 heteroatoms. The fraction of sp³-hybridized carbons (Fsp3) is 0.417. The minimum absolute atomic E-state index is 0.198. The van der Waals surface area contributed by atoms with Crippen molar-refractivity contribution in [3.8, 4) is 6.07 Å². The van der Waals surface area contributed by atoms with Gasteiger partial charge in [0.15, 0.2) is 0 Å². The fourth-order valence-corrected chi connectivity index (χ4v) is 1.70. The van der Waals surface area contributed by atoms with E-state index >= 15 is 0 Å². The van der Waals surface area contributed by atoms with Crippen molar-refractivity contribution in [3.63, 3.8) is 0 Å². The van der Waals surface area contributed by atoms with Crippen molar-refractivity contribution in [2.75, 3.05) is 6.54 Å². The number of amides is 1. The van der Waals surface area contributed by atoms with Crippen molar-refractivity contribution in [2.24, 2.45) is 5.92 Å². The summed E-state index contributed by atoms with van der Waals surface area (Å²) in [6.07, 6.45) is 6.60. The lowest BCUT2D eigenvalue weighted by Gasteiger charge is -2.25. The Kier molecular flexibility index (Phi) is 3.16. The molecule has 4 nitrogen and oxygen atoms in total. The van der Waals surface area contributed by atoms with Gasteiger partial charge in [0.2, 0.25) is 0 Å². The third-order valence-corrected chi connectivity index (χ3v) is 2.96. The lowest BCUT2D eigenvalue weighted by Crippen LogP contribution is -2.32. The summed E-state index contributed by atoms with van der Waals surface area (Å²) in [5.41, 5.74) is 0.741. The van der Waals surface area contributed by atoms with E-state index in [-0.39, 0.29) is 5.91 Å². The Hall–Kier alpha value is -1.89. The molecular formula is C12H13N3O. The van der Waals surface area contributed by atoms with E-state index in [1.807, 2.05) is 6.07 Å². The van der Waals surface area contributed by atoms with E-state index in [4.69, 9.17) is 5.26 Å². The van der Waals surface area contributed by atoms with Gasteiger partial charge < -0.3 is 5.32 Å². The van der Waals surface area contributed by atoms with Crippen molar-refractivity contribution >= 4 is 5.91 Å². The Bertz CT molecular complexity index is 432. The summed E-state index contributed by atoms with van der Waals surface area (Å²) in [4.78, 5) is 15.6. The number of nitrogens with one attached hydrogen (secondary N) is 1. The molecule has 1 aromatic heterocycles. The summed E-state index contributed by atoms with van der Waals surface area (Å²) in [7, 11) is 0. The first kappa shape index (κ1) is 10.6. The van der Waals surface area contributed by atoms with Crippen LogP contribution in [-0.4, -0.2) is 17.4 Å². The highest BCUT2D eigenvalue weighted by Crippen LogP contribution is 2.25. The zero-order chi connectivity index (χ0) is 11.4. The van der Waals surface area contributed by atoms with Gasteiger partial charge in [0, 0.05) is 18.9 Å². The zero-order valence-corrected chi connectivity index (χ0v) is 8.94. The summed E-state index contributed by atoms with van der Waals surface area (Å²) in [5.74, 6) is 0.419. The lowest BCUT2D eigenvalue weighted by molar-refractivity contribution is 0.0938. The topological polar surface area (TPSA) is 65.8 Å². The molecule has 1 aliphatic carbocycles. The van der Waals surface area contributed by atoms with Crippen molar-refractivity contribution in [1.82, 2.24) is 10.3 Å². The molecule has 0 unspecified atom stereocenters. The van der Waals surface area contributed by atoms with Crippen LogP contribution >= 0.6 is 0 Å². The van der Waals surface area contributed by atoms with E-state index in [0.717, 1.165) is 0 Å². The number of nitrogens with zero attached hydrogens (tertiary/aromatic N) is 2. The van der Waals surface area contributed by atoms with E-state index in [2.05, 4.69) is 10.3 Å². The molecule has 1 heterocycles. The molecule has 16 heavy (non-hydrogen) atoms. The molecule has 82 valence electrons. The quantitative estimate of drug-likeness (QED) is 0.830. The highest BCUT2D eigenvalue weighted by molar-refractivity contribution is 5.96. The SMILES string of the molecule is N#Cc1ccncc1C(=O)NCC1CCC1. The molecule has 1 fully saturated rings. The largest absolute Gasteiger partial charge is 0.352 e. The van der Waals surface area contributed by atoms with Gasteiger partial charge in [-0.2, -0.15) is 5.26 Å². The second-order valence-electron chi connectivity index (χ2n) is 4.04.